The number of rotatable bonds is 8. The number of halogens is 2. The fourth-order valence-electron chi connectivity index (χ4n) is 2.22. The lowest BCUT2D eigenvalue weighted by Gasteiger charge is -2.18. The van der Waals surface area contributed by atoms with Crippen LogP contribution in [0.25, 0.3) is 0 Å². The van der Waals surface area contributed by atoms with Gasteiger partial charge >= 0.3 is 6.61 Å². The predicted octanol–water partition coefficient (Wildman–Crippen LogP) is 2.69. The molecule has 1 heterocycles. The van der Waals surface area contributed by atoms with Crippen molar-refractivity contribution in [2.45, 2.75) is 20.5 Å². The second-order valence-electron chi connectivity index (χ2n) is 5.51. The summed E-state index contributed by atoms with van der Waals surface area (Å²) in [5.74, 6) is -0.354. The van der Waals surface area contributed by atoms with Crippen LogP contribution < -0.4 is 14.8 Å². The Morgan fingerprint density at radius 1 is 1.30 bits per heavy atom. The minimum Gasteiger partial charge on any atom is -0.490 e. The van der Waals surface area contributed by atoms with E-state index in [1.165, 1.54) is 36.2 Å². The molecule has 2 aromatic rings. The Morgan fingerprint density at radius 3 is 2.63 bits per heavy atom. The maximum absolute atomic E-state index is 12.5. The number of benzene rings is 1. The van der Waals surface area contributed by atoms with Gasteiger partial charge in [0.1, 0.15) is 5.76 Å². The highest BCUT2D eigenvalue weighted by Crippen LogP contribution is 2.30. The van der Waals surface area contributed by atoms with Gasteiger partial charge in [-0.05, 0) is 32.0 Å². The Hall–Kier alpha value is -3.17. The van der Waals surface area contributed by atoms with Crippen molar-refractivity contribution in [1.82, 2.24) is 10.1 Å². The van der Waals surface area contributed by atoms with E-state index < -0.39 is 18.4 Å². The summed E-state index contributed by atoms with van der Waals surface area (Å²) in [4.78, 5) is 25.7. The molecule has 2 rings (SSSR count). The Balaban J connectivity index is 2.06. The topological polar surface area (TPSA) is 93.9 Å². The number of alkyl halides is 2. The molecule has 0 aliphatic carbocycles. The van der Waals surface area contributed by atoms with E-state index in [0.29, 0.717) is 5.76 Å². The SMILES string of the molecule is CCOc1cc(C(=O)N(C)CC(=O)Nc2cc(C)on2)ccc1OC(F)F. The molecule has 0 saturated carbocycles. The number of amides is 2. The number of anilines is 1. The lowest BCUT2D eigenvalue weighted by atomic mass is 10.1. The van der Waals surface area contributed by atoms with Crippen molar-refractivity contribution >= 4 is 17.6 Å². The molecule has 0 aliphatic heterocycles. The first kappa shape index (κ1) is 20.1. The molecule has 0 fully saturated rings. The van der Waals surface area contributed by atoms with Crippen molar-refractivity contribution in [3.63, 3.8) is 0 Å². The highest BCUT2D eigenvalue weighted by Gasteiger charge is 2.19. The average Bonchev–Trinajstić information content (AvgIpc) is 3.00. The van der Waals surface area contributed by atoms with Crippen LogP contribution in [0.4, 0.5) is 14.6 Å². The third-order valence-corrected chi connectivity index (χ3v) is 3.33. The zero-order valence-electron chi connectivity index (χ0n) is 15.0. The van der Waals surface area contributed by atoms with Crippen molar-refractivity contribution < 1.29 is 32.4 Å². The van der Waals surface area contributed by atoms with E-state index in [-0.39, 0.29) is 36.0 Å². The van der Waals surface area contributed by atoms with Gasteiger partial charge in [0.15, 0.2) is 17.3 Å². The molecular weight excluding hydrogens is 364 g/mol. The number of ether oxygens (including phenoxy) is 2. The molecule has 10 heteroatoms. The number of aryl methyl sites for hydroxylation is 1. The number of nitrogens with zero attached hydrogens (tertiary/aromatic N) is 2. The molecule has 0 atom stereocenters. The molecule has 0 saturated heterocycles. The van der Waals surface area contributed by atoms with Crippen molar-refractivity contribution in [3.8, 4) is 11.5 Å². The van der Waals surface area contributed by atoms with Crippen LogP contribution in [0.15, 0.2) is 28.8 Å². The molecule has 27 heavy (non-hydrogen) atoms. The summed E-state index contributed by atoms with van der Waals surface area (Å²) in [6.45, 7) is 0.284. The number of likely N-dealkylation sites (N-methyl/N-ethyl adjacent to an activating group) is 1. The molecule has 1 aromatic carbocycles. The molecule has 0 aliphatic rings. The van der Waals surface area contributed by atoms with Gasteiger partial charge in [-0.3, -0.25) is 9.59 Å². The van der Waals surface area contributed by atoms with Gasteiger partial charge in [-0.1, -0.05) is 5.16 Å². The van der Waals surface area contributed by atoms with Crippen LogP contribution in [0.5, 0.6) is 11.5 Å². The van der Waals surface area contributed by atoms with Gasteiger partial charge in [0.25, 0.3) is 5.91 Å². The van der Waals surface area contributed by atoms with Crippen molar-refractivity contribution in [3.05, 3.63) is 35.6 Å². The van der Waals surface area contributed by atoms with Gasteiger partial charge in [-0.15, -0.1) is 0 Å². The Kier molecular flexibility index (Phi) is 6.69. The quantitative estimate of drug-likeness (QED) is 0.753. The summed E-state index contributed by atoms with van der Waals surface area (Å²) < 4.78 is 39.3. The van der Waals surface area contributed by atoms with Gasteiger partial charge in [0.2, 0.25) is 5.91 Å². The lowest BCUT2D eigenvalue weighted by Crippen LogP contribution is -2.35. The second-order valence-corrected chi connectivity index (χ2v) is 5.51. The summed E-state index contributed by atoms with van der Waals surface area (Å²) in [5.41, 5.74) is 0.160. The fourth-order valence-corrected chi connectivity index (χ4v) is 2.22. The zero-order valence-corrected chi connectivity index (χ0v) is 15.0. The van der Waals surface area contributed by atoms with E-state index in [9.17, 15) is 18.4 Å². The third-order valence-electron chi connectivity index (χ3n) is 3.33. The van der Waals surface area contributed by atoms with E-state index in [1.54, 1.807) is 13.8 Å². The monoisotopic (exact) mass is 383 g/mol. The van der Waals surface area contributed by atoms with E-state index in [2.05, 4.69) is 15.2 Å². The summed E-state index contributed by atoms with van der Waals surface area (Å²) >= 11 is 0. The Labute approximate surface area is 154 Å². The van der Waals surface area contributed by atoms with E-state index in [4.69, 9.17) is 9.26 Å². The number of aromatic nitrogens is 1. The first-order valence-electron chi connectivity index (χ1n) is 8.00. The highest BCUT2D eigenvalue weighted by molar-refractivity contribution is 5.99. The van der Waals surface area contributed by atoms with Crippen LogP contribution in [-0.4, -0.2) is 48.7 Å². The maximum atomic E-state index is 12.5. The van der Waals surface area contributed by atoms with Crippen LogP contribution in [0.1, 0.15) is 23.0 Å². The number of hydrogen-bond donors (Lipinski definition) is 1. The molecule has 0 unspecified atom stereocenters. The van der Waals surface area contributed by atoms with Gasteiger partial charge in [-0.2, -0.15) is 8.78 Å². The molecule has 2 amide bonds. The molecule has 1 aromatic heterocycles. The van der Waals surface area contributed by atoms with E-state index in [0.717, 1.165) is 0 Å². The molecule has 0 radical (unpaired) electrons. The molecule has 146 valence electrons. The van der Waals surface area contributed by atoms with E-state index >= 15 is 0 Å². The predicted molar refractivity (Wildman–Crippen MR) is 91.1 cm³/mol. The smallest absolute Gasteiger partial charge is 0.387 e. The molecule has 0 bridgehead atoms. The number of carbonyl (C=O) groups is 2. The lowest BCUT2D eigenvalue weighted by molar-refractivity contribution is -0.116. The van der Waals surface area contributed by atoms with Crippen LogP contribution in [0, 0.1) is 6.92 Å². The number of hydrogen-bond acceptors (Lipinski definition) is 6. The van der Waals surface area contributed by atoms with Crippen molar-refractivity contribution in [1.29, 1.82) is 0 Å². The van der Waals surface area contributed by atoms with Crippen LogP contribution in [-0.2, 0) is 4.79 Å². The highest BCUT2D eigenvalue weighted by atomic mass is 19.3. The normalized spacial score (nSPS) is 10.6. The number of carbonyl (C=O) groups excluding carboxylic acids is 2. The van der Waals surface area contributed by atoms with Crippen molar-refractivity contribution in [2.75, 3.05) is 25.5 Å². The van der Waals surface area contributed by atoms with Gasteiger partial charge in [0, 0.05) is 18.7 Å². The fraction of sp³-hybridized carbons (Fsp3) is 0.353. The van der Waals surface area contributed by atoms with E-state index in [1.807, 2.05) is 0 Å². The van der Waals surface area contributed by atoms with Crippen LogP contribution in [0.3, 0.4) is 0 Å². The second kappa shape index (κ2) is 8.97. The van der Waals surface area contributed by atoms with Gasteiger partial charge in [0.05, 0.1) is 13.2 Å². The Morgan fingerprint density at radius 2 is 2.04 bits per heavy atom. The van der Waals surface area contributed by atoms with Gasteiger partial charge in [-0.25, -0.2) is 0 Å². The molecule has 1 N–H and O–H groups in total. The largest absolute Gasteiger partial charge is 0.490 e. The first-order valence-corrected chi connectivity index (χ1v) is 8.00. The summed E-state index contributed by atoms with van der Waals surface area (Å²) in [6, 6.07) is 5.36. The van der Waals surface area contributed by atoms with Crippen LogP contribution >= 0.6 is 0 Å². The molecule has 0 spiro atoms. The van der Waals surface area contributed by atoms with Crippen LogP contribution in [0.2, 0.25) is 0 Å². The first-order chi connectivity index (χ1) is 12.8. The van der Waals surface area contributed by atoms with Crippen molar-refractivity contribution in [2.24, 2.45) is 0 Å². The molecular formula is C17H19F2N3O5. The minimum absolute atomic E-state index is 0.0135. The minimum atomic E-state index is -3.02. The number of nitrogens with one attached hydrogen (secondary N) is 1. The third kappa shape index (κ3) is 5.66. The Bertz CT molecular complexity index is 810. The standard InChI is InChI=1S/C17H19F2N3O5/c1-4-25-13-8-11(5-6-12(13)26-17(18)19)16(24)22(3)9-15(23)20-14-7-10(2)27-21-14/h5-8,17H,4,9H2,1-3H3,(H,20,21,23). The van der Waals surface area contributed by atoms with Gasteiger partial charge < -0.3 is 24.2 Å². The summed E-state index contributed by atoms with van der Waals surface area (Å²) in [5, 5.41) is 6.13. The average molecular weight is 383 g/mol. The zero-order chi connectivity index (χ0) is 20.0. The summed E-state index contributed by atoms with van der Waals surface area (Å²) in [6.07, 6.45) is 0. The molecule has 8 nitrogen and oxygen atoms in total. The summed E-state index contributed by atoms with van der Waals surface area (Å²) in [7, 11) is 1.43. The maximum Gasteiger partial charge on any atom is 0.387 e.